The molecule has 16 heavy (non-hydrogen) atoms. The van der Waals surface area contributed by atoms with Crippen molar-refractivity contribution < 1.29 is 9.63 Å². The van der Waals surface area contributed by atoms with Crippen LogP contribution in [0.15, 0.2) is 41.7 Å². The number of nitrogens with zero attached hydrogens (tertiary/aromatic N) is 1. The van der Waals surface area contributed by atoms with E-state index in [1.807, 2.05) is 51.2 Å². The topological polar surface area (TPSA) is 29.5 Å². The molecule has 3 nitrogen and oxygen atoms in total. The summed E-state index contributed by atoms with van der Waals surface area (Å²) in [7, 11) is 1.83. The lowest BCUT2D eigenvalue weighted by molar-refractivity contribution is -0.0891. The van der Waals surface area contributed by atoms with Gasteiger partial charge < -0.3 is 4.84 Å². The van der Waals surface area contributed by atoms with Gasteiger partial charge in [-0.15, -0.1) is 5.06 Å². The fraction of sp³-hybridized carbons (Fsp3) is 0.308. The van der Waals surface area contributed by atoms with E-state index in [1.165, 1.54) is 0 Å². The molecule has 1 unspecified atom stereocenters. The first-order valence-electron chi connectivity index (χ1n) is 5.32. The summed E-state index contributed by atoms with van der Waals surface area (Å²) in [6.45, 7) is 3.79. The van der Waals surface area contributed by atoms with Crippen molar-refractivity contribution >= 4 is 5.78 Å². The third kappa shape index (κ3) is 1.74. The van der Waals surface area contributed by atoms with Crippen LogP contribution in [0.4, 0.5) is 0 Å². The molecule has 84 valence electrons. The third-order valence-corrected chi connectivity index (χ3v) is 2.90. The van der Waals surface area contributed by atoms with Crippen molar-refractivity contribution in [2.75, 3.05) is 7.05 Å². The zero-order chi connectivity index (χ0) is 11.7. The second kappa shape index (κ2) is 4.10. The fourth-order valence-electron chi connectivity index (χ4n) is 1.91. The standard InChI is InChI=1S/C13H15NO2/c1-9-12(10(2)16-14(9)3)13(15)11-7-5-4-6-8-11/h4-9H,1-3H3. The zero-order valence-corrected chi connectivity index (χ0v) is 9.73. The number of hydrogen-bond acceptors (Lipinski definition) is 3. The average molecular weight is 217 g/mol. The van der Waals surface area contributed by atoms with Crippen molar-refractivity contribution in [1.82, 2.24) is 5.06 Å². The van der Waals surface area contributed by atoms with Gasteiger partial charge in [0.25, 0.3) is 0 Å². The van der Waals surface area contributed by atoms with Gasteiger partial charge in [-0.2, -0.15) is 0 Å². The van der Waals surface area contributed by atoms with Crippen LogP contribution < -0.4 is 0 Å². The summed E-state index contributed by atoms with van der Waals surface area (Å²) in [6.07, 6.45) is 0. The highest BCUT2D eigenvalue weighted by molar-refractivity contribution is 6.09. The maximum absolute atomic E-state index is 12.2. The normalized spacial score (nSPS) is 21.1. The monoisotopic (exact) mass is 217 g/mol. The minimum Gasteiger partial charge on any atom is -0.410 e. The predicted octanol–water partition coefficient (Wildman–Crippen LogP) is 2.41. The maximum atomic E-state index is 12.2. The molecule has 0 aliphatic carbocycles. The second-order valence-corrected chi connectivity index (χ2v) is 3.98. The number of likely N-dealkylation sites (N-methyl/N-ethyl adjacent to an activating group) is 1. The quantitative estimate of drug-likeness (QED) is 0.712. The van der Waals surface area contributed by atoms with Crippen molar-refractivity contribution in [2.24, 2.45) is 0 Å². The van der Waals surface area contributed by atoms with Crippen LogP contribution >= 0.6 is 0 Å². The van der Waals surface area contributed by atoms with E-state index < -0.39 is 0 Å². The molecule has 1 aliphatic rings. The van der Waals surface area contributed by atoms with Crippen LogP contribution in [-0.2, 0) is 4.84 Å². The molecular weight excluding hydrogens is 202 g/mol. The molecule has 3 heteroatoms. The van der Waals surface area contributed by atoms with Crippen molar-refractivity contribution in [2.45, 2.75) is 19.9 Å². The molecule has 1 atom stereocenters. The average Bonchev–Trinajstić information content (AvgIpc) is 2.54. The number of ketones is 1. The molecule has 0 spiro atoms. The first kappa shape index (κ1) is 10.9. The van der Waals surface area contributed by atoms with Gasteiger partial charge in [0.2, 0.25) is 0 Å². The van der Waals surface area contributed by atoms with E-state index in [0.29, 0.717) is 11.3 Å². The second-order valence-electron chi connectivity index (χ2n) is 3.98. The number of hydrogen-bond donors (Lipinski definition) is 0. The predicted molar refractivity (Wildman–Crippen MR) is 61.8 cm³/mol. The lowest BCUT2D eigenvalue weighted by Crippen LogP contribution is -2.26. The van der Waals surface area contributed by atoms with Crippen LogP contribution in [-0.4, -0.2) is 23.9 Å². The summed E-state index contributed by atoms with van der Waals surface area (Å²) < 4.78 is 0. The molecule has 0 saturated heterocycles. The molecule has 1 aromatic carbocycles. The SMILES string of the molecule is CC1=C(C(=O)c2ccccc2)C(C)N(C)O1. The highest BCUT2D eigenvalue weighted by atomic mass is 16.7. The van der Waals surface area contributed by atoms with Gasteiger partial charge in [-0.1, -0.05) is 30.3 Å². The van der Waals surface area contributed by atoms with Crippen LogP contribution in [0.25, 0.3) is 0 Å². The van der Waals surface area contributed by atoms with Crippen molar-refractivity contribution in [3.63, 3.8) is 0 Å². The van der Waals surface area contributed by atoms with E-state index in [-0.39, 0.29) is 11.8 Å². The molecule has 0 bridgehead atoms. The number of allylic oxidation sites excluding steroid dienone is 1. The highest BCUT2D eigenvalue weighted by Crippen LogP contribution is 2.26. The summed E-state index contributed by atoms with van der Waals surface area (Å²) in [5.74, 6) is 0.749. The molecule has 0 N–H and O–H groups in total. The lowest BCUT2D eigenvalue weighted by Gasteiger charge is -2.14. The number of carbonyl (C=O) groups is 1. The molecular formula is C13H15NO2. The molecule has 0 fully saturated rings. The molecule has 0 saturated carbocycles. The van der Waals surface area contributed by atoms with Crippen LogP contribution in [0.1, 0.15) is 24.2 Å². The fourth-order valence-corrected chi connectivity index (χ4v) is 1.91. The third-order valence-electron chi connectivity index (χ3n) is 2.90. The van der Waals surface area contributed by atoms with E-state index in [9.17, 15) is 4.79 Å². The number of rotatable bonds is 2. The number of benzene rings is 1. The first-order chi connectivity index (χ1) is 7.61. The van der Waals surface area contributed by atoms with Gasteiger partial charge in [-0.05, 0) is 13.8 Å². The van der Waals surface area contributed by atoms with Crippen LogP contribution in [0.5, 0.6) is 0 Å². The van der Waals surface area contributed by atoms with E-state index in [2.05, 4.69) is 0 Å². The molecule has 1 aliphatic heterocycles. The molecule has 0 aromatic heterocycles. The van der Waals surface area contributed by atoms with Gasteiger partial charge >= 0.3 is 0 Å². The van der Waals surface area contributed by atoms with E-state index in [4.69, 9.17) is 4.84 Å². The van der Waals surface area contributed by atoms with E-state index in [1.54, 1.807) is 5.06 Å². The highest BCUT2D eigenvalue weighted by Gasteiger charge is 2.31. The summed E-state index contributed by atoms with van der Waals surface area (Å²) in [5.41, 5.74) is 1.45. The van der Waals surface area contributed by atoms with E-state index in [0.717, 1.165) is 5.57 Å². The smallest absolute Gasteiger partial charge is 0.194 e. The summed E-state index contributed by atoms with van der Waals surface area (Å²) in [5, 5.41) is 1.70. The minimum absolute atomic E-state index is 0.00714. The molecule has 1 aromatic rings. The van der Waals surface area contributed by atoms with Crippen LogP contribution in [0, 0.1) is 0 Å². The Hall–Kier alpha value is -1.61. The summed E-state index contributed by atoms with van der Waals surface area (Å²) in [4.78, 5) is 17.7. The van der Waals surface area contributed by atoms with Crippen molar-refractivity contribution in [3.05, 3.63) is 47.2 Å². The summed E-state index contributed by atoms with van der Waals surface area (Å²) >= 11 is 0. The molecule has 0 radical (unpaired) electrons. The number of Topliss-reactive ketones (excluding diaryl/α,β-unsaturated/α-hetero) is 1. The lowest BCUT2D eigenvalue weighted by atomic mass is 9.98. The Morgan fingerprint density at radius 3 is 2.44 bits per heavy atom. The van der Waals surface area contributed by atoms with Gasteiger partial charge in [0.05, 0.1) is 11.6 Å². The Kier molecular flexibility index (Phi) is 2.79. The summed E-state index contributed by atoms with van der Waals surface area (Å²) in [6, 6.07) is 9.30. The van der Waals surface area contributed by atoms with Gasteiger partial charge in [0.15, 0.2) is 5.78 Å². The largest absolute Gasteiger partial charge is 0.410 e. The maximum Gasteiger partial charge on any atom is 0.194 e. The zero-order valence-electron chi connectivity index (χ0n) is 9.73. The van der Waals surface area contributed by atoms with Crippen LogP contribution in [0.3, 0.4) is 0 Å². The number of hydroxylamine groups is 2. The Labute approximate surface area is 95.3 Å². The minimum atomic E-state index is 0.00714. The van der Waals surface area contributed by atoms with Gasteiger partial charge in [-0.3, -0.25) is 4.79 Å². The first-order valence-corrected chi connectivity index (χ1v) is 5.32. The van der Waals surface area contributed by atoms with E-state index >= 15 is 0 Å². The Bertz CT molecular complexity index is 437. The van der Waals surface area contributed by atoms with Crippen molar-refractivity contribution in [3.8, 4) is 0 Å². The van der Waals surface area contributed by atoms with Gasteiger partial charge in [-0.25, -0.2) is 0 Å². The van der Waals surface area contributed by atoms with Gasteiger partial charge in [0, 0.05) is 12.6 Å². The molecule has 0 amide bonds. The molecule has 1 heterocycles. The molecule has 2 rings (SSSR count). The van der Waals surface area contributed by atoms with Gasteiger partial charge in [0.1, 0.15) is 5.76 Å². The van der Waals surface area contributed by atoms with Crippen molar-refractivity contribution in [1.29, 1.82) is 0 Å². The Morgan fingerprint density at radius 2 is 1.94 bits per heavy atom. The Morgan fingerprint density at radius 1 is 1.31 bits per heavy atom. The Balaban J connectivity index is 2.33. The van der Waals surface area contributed by atoms with Crippen LogP contribution in [0.2, 0.25) is 0 Å². The number of carbonyl (C=O) groups excluding carboxylic acids is 1.